The molecule has 25 heavy (non-hydrogen) atoms. The van der Waals surface area contributed by atoms with E-state index in [-0.39, 0.29) is 24.0 Å². The molecule has 0 amide bonds. The summed E-state index contributed by atoms with van der Waals surface area (Å²) in [5.74, 6) is 0.715. The summed E-state index contributed by atoms with van der Waals surface area (Å²) in [5, 5.41) is 0. The van der Waals surface area contributed by atoms with Crippen LogP contribution in [0.15, 0.2) is 48.8 Å². The molecule has 0 aromatic carbocycles. The smallest absolute Gasteiger partial charge is 0.137 e. The number of aromatic nitrogens is 2. The first kappa shape index (κ1) is 16.4. The quantitative estimate of drug-likeness (QED) is 0.805. The predicted octanol–water partition coefficient (Wildman–Crippen LogP) is 2.34. The molecule has 4 heterocycles. The van der Waals surface area contributed by atoms with E-state index in [1.807, 2.05) is 30.6 Å². The molecule has 2 saturated heterocycles. The Balaban J connectivity index is 1.79. The number of carbonyl (C=O) groups is 1. The Morgan fingerprint density at radius 1 is 1.00 bits per heavy atom. The molecule has 0 aliphatic carbocycles. The van der Waals surface area contributed by atoms with E-state index in [1.165, 1.54) is 0 Å². The number of likely N-dealkylation sites (tertiary alicyclic amines) is 2. The van der Waals surface area contributed by atoms with Gasteiger partial charge in [0, 0.05) is 24.9 Å². The average molecular weight is 336 g/mol. The molecule has 5 unspecified atom stereocenters. The number of hydrogen-bond donors (Lipinski definition) is 0. The fraction of sp³-hybridized carbons (Fsp3) is 0.450. The third-order valence-corrected chi connectivity index (χ3v) is 5.90. The van der Waals surface area contributed by atoms with Crippen LogP contribution in [0.3, 0.4) is 0 Å². The highest BCUT2D eigenvalue weighted by Gasteiger charge is 2.50. The van der Waals surface area contributed by atoms with Gasteiger partial charge in [0.15, 0.2) is 0 Å². The van der Waals surface area contributed by atoms with Gasteiger partial charge in [-0.3, -0.25) is 19.8 Å². The molecular formula is C20H24N4O. The number of fused-ring (bicyclic) bond motifs is 2. The molecular weight excluding hydrogens is 312 g/mol. The minimum Gasteiger partial charge on any atom is -0.302 e. The van der Waals surface area contributed by atoms with Crippen LogP contribution in [-0.2, 0) is 4.79 Å². The molecule has 2 aromatic rings. The second-order valence-corrected chi connectivity index (χ2v) is 7.29. The van der Waals surface area contributed by atoms with E-state index in [1.54, 1.807) is 0 Å². The molecule has 5 nitrogen and oxygen atoms in total. The molecule has 2 aliphatic rings. The van der Waals surface area contributed by atoms with Gasteiger partial charge < -0.3 is 4.79 Å². The Morgan fingerprint density at radius 3 is 2.20 bits per heavy atom. The summed E-state index contributed by atoms with van der Waals surface area (Å²) >= 11 is 0. The van der Waals surface area contributed by atoms with E-state index < -0.39 is 0 Å². The lowest BCUT2D eigenvalue weighted by Crippen LogP contribution is -2.58. The minimum absolute atomic E-state index is 0.0598. The van der Waals surface area contributed by atoms with Gasteiger partial charge in [-0.05, 0) is 50.7 Å². The summed E-state index contributed by atoms with van der Waals surface area (Å²) in [6.07, 6.45) is 5.85. The second kappa shape index (κ2) is 6.65. The van der Waals surface area contributed by atoms with E-state index in [4.69, 9.17) is 0 Å². The highest BCUT2D eigenvalue weighted by molar-refractivity contribution is 5.59. The Bertz CT molecular complexity index is 723. The lowest BCUT2D eigenvalue weighted by Gasteiger charge is -2.55. The van der Waals surface area contributed by atoms with Crippen molar-refractivity contribution in [2.45, 2.75) is 24.5 Å². The monoisotopic (exact) mass is 336 g/mol. The van der Waals surface area contributed by atoms with Crippen LogP contribution in [0.5, 0.6) is 0 Å². The van der Waals surface area contributed by atoms with Crippen molar-refractivity contribution < 1.29 is 4.79 Å². The van der Waals surface area contributed by atoms with Crippen molar-refractivity contribution in [1.29, 1.82) is 0 Å². The van der Waals surface area contributed by atoms with E-state index in [9.17, 15) is 4.79 Å². The zero-order chi connectivity index (χ0) is 17.4. The summed E-state index contributed by atoms with van der Waals surface area (Å²) in [4.78, 5) is 25.7. The molecule has 2 bridgehead atoms. The lowest BCUT2D eigenvalue weighted by molar-refractivity contribution is -0.124. The van der Waals surface area contributed by atoms with Crippen molar-refractivity contribution in [3.8, 4) is 0 Å². The molecule has 2 fully saturated rings. The standard InChI is InChI=1S/C20H24N4O/c1-23-12-14-11-15(18(23)13-25)20(17-8-4-6-10-22-17)24(2)19(14)16-7-3-5-9-21-16/h3-10,13-15,18-20H,11-12H2,1-2H3. The first-order valence-corrected chi connectivity index (χ1v) is 8.90. The van der Waals surface area contributed by atoms with Crippen molar-refractivity contribution in [3.05, 3.63) is 60.2 Å². The van der Waals surface area contributed by atoms with Gasteiger partial charge in [-0.25, -0.2) is 0 Å². The zero-order valence-corrected chi connectivity index (χ0v) is 14.7. The van der Waals surface area contributed by atoms with E-state index in [2.05, 4.69) is 52.1 Å². The van der Waals surface area contributed by atoms with Crippen molar-refractivity contribution in [3.63, 3.8) is 0 Å². The summed E-state index contributed by atoms with van der Waals surface area (Å²) in [6, 6.07) is 12.5. The molecule has 0 saturated carbocycles. The van der Waals surface area contributed by atoms with Gasteiger partial charge in [-0.1, -0.05) is 12.1 Å². The Hall–Kier alpha value is -2.11. The van der Waals surface area contributed by atoms with Gasteiger partial charge in [0.1, 0.15) is 6.29 Å². The van der Waals surface area contributed by atoms with Gasteiger partial charge in [0.25, 0.3) is 0 Å². The topological polar surface area (TPSA) is 49.3 Å². The third kappa shape index (κ3) is 2.77. The average Bonchev–Trinajstić information content (AvgIpc) is 2.63. The van der Waals surface area contributed by atoms with Gasteiger partial charge in [0.2, 0.25) is 0 Å². The molecule has 5 heteroatoms. The Morgan fingerprint density at radius 2 is 1.64 bits per heavy atom. The maximum atomic E-state index is 11.8. The molecule has 0 spiro atoms. The molecule has 2 aromatic heterocycles. The Kier molecular flexibility index (Phi) is 4.36. The highest BCUT2D eigenvalue weighted by atomic mass is 16.1. The fourth-order valence-corrected chi connectivity index (χ4v) is 4.92. The molecule has 5 atom stereocenters. The molecule has 0 N–H and O–H groups in total. The maximum absolute atomic E-state index is 11.8. The van der Waals surface area contributed by atoms with E-state index in [0.29, 0.717) is 5.92 Å². The van der Waals surface area contributed by atoms with Crippen LogP contribution in [0.1, 0.15) is 29.9 Å². The van der Waals surface area contributed by atoms with Gasteiger partial charge in [-0.2, -0.15) is 0 Å². The van der Waals surface area contributed by atoms with Crippen LogP contribution < -0.4 is 0 Å². The number of carbonyl (C=O) groups excluding carboxylic acids is 1. The lowest BCUT2D eigenvalue weighted by atomic mass is 9.70. The predicted molar refractivity (Wildman–Crippen MR) is 95.8 cm³/mol. The van der Waals surface area contributed by atoms with Crippen molar-refractivity contribution in [1.82, 2.24) is 19.8 Å². The Labute approximate surface area is 148 Å². The summed E-state index contributed by atoms with van der Waals surface area (Å²) in [5.41, 5.74) is 2.14. The number of aldehydes is 1. The second-order valence-electron chi connectivity index (χ2n) is 7.29. The number of rotatable bonds is 3. The third-order valence-electron chi connectivity index (χ3n) is 5.90. The first-order chi connectivity index (χ1) is 12.2. The summed E-state index contributed by atoms with van der Waals surface area (Å²) in [7, 11) is 4.22. The van der Waals surface area contributed by atoms with Crippen LogP contribution in [0.25, 0.3) is 0 Å². The van der Waals surface area contributed by atoms with E-state index >= 15 is 0 Å². The fourth-order valence-electron chi connectivity index (χ4n) is 4.92. The van der Waals surface area contributed by atoms with Crippen molar-refractivity contribution in [2.75, 3.05) is 20.6 Å². The number of nitrogens with zero attached hydrogens (tertiary/aromatic N) is 4. The normalized spacial score (nSPS) is 33.1. The largest absolute Gasteiger partial charge is 0.302 e. The summed E-state index contributed by atoms with van der Waals surface area (Å²) in [6.45, 7) is 0.917. The van der Waals surface area contributed by atoms with Crippen LogP contribution in [-0.4, -0.2) is 52.7 Å². The van der Waals surface area contributed by atoms with Gasteiger partial charge >= 0.3 is 0 Å². The highest BCUT2D eigenvalue weighted by Crippen LogP contribution is 2.50. The minimum atomic E-state index is -0.0598. The number of piperidine rings is 2. The SMILES string of the molecule is CN1CC2CC(C1C=O)C(c1ccccn1)N(C)C2c1ccccn1. The van der Waals surface area contributed by atoms with Gasteiger partial charge in [-0.15, -0.1) is 0 Å². The molecule has 4 rings (SSSR count). The summed E-state index contributed by atoms with van der Waals surface area (Å²) < 4.78 is 0. The number of hydrogen-bond acceptors (Lipinski definition) is 5. The maximum Gasteiger partial charge on any atom is 0.137 e. The van der Waals surface area contributed by atoms with E-state index in [0.717, 1.165) is 30.6 Å². The van der Waals surface area contributed by atoms with Crippen LogP contribution in [0.4, 0.5) is 0 Å². The molecule has 130 valence electrons. The van der Waals surface area contributed by atoms with Crippen LogP contribution >= 0.6 is 0 Å². The molecule has 0 radical (unpaired) electrons. The zero-order valence-electron chi connectivity index (χ0n) is 14.7. The first-order valence-electron chi connectivity index (χ1n) is 8.90. The number of likely N-dealkylation sites (N-methyl/N-ethyl adjacent to an activating group) is 1. The van der Waals surface area contributed by atoms with Crippen LogP contribution in [0.2, 0.25) is 0 Å². The van der Waals surface area contributed by atoms with Crippen molar-refractivity contribution >= 4 is 6.29 Å². The number of pyridine rings is 2. The van der Waals surface area contributed by atoms with Crippen LogP contribution in [0, 0.1) is 11.8 Å². The van der Waals surface area contributed by atoms with Crippen molar-refractivity contribution in [2.24, 2.45) is 11.8 Å². The molecule has 2 aliphatic heterocycles. The van der Waals surface area contributed by atoms with Gasteiger partial charge in [0.05, 0.1) is 29.5 Å².